The average molecular weight is 609 g/mol. The van der Waals surface area contributed by atoms with Crippen LogP contribution in [0.1, 0.15) is 48.6 Å². The van der Waals surface area contributed by atoms with E-state index in [9.17, 15) is 22.2 Å². The monoisotopic (exact) mass is 608 g/mol. The summed E-state index contributed by atoms with van der Waals surface area (Å²) in [4.78, 5) is 21.6. The van der Waals surface area contributed by atoms with Gasteiger partial charge >= 0.3 is 6.18 Å². The molecular weight excluding hydrogens is 573 g/mol. The molecule has 0 bridgehead atoms. The highest BCUT2D eigenvalue weighted by atomic mass is 32.2. The zero-order chi connectivity index (χ0) is 29.2. The van der Waals surface area contributed by atoms with E-state index >= 15 is 0 Å². The predicted octanol–water partition coefficient (Wildman–Crippen LogP) is 5.32. The van der Waals surface area contributed by atoms with Gasteiger partial charge in [0.1, 0.15) is 17.5 Å². The van der Waals surface area contributed by atoms with Crippen LogP contribution in [0.3, 0.4) is 0 Å². The summed E-state index contributed by atoms with van der Waals surface area (Å²) in [5, 5.41) is 4.82. The number of aromatic nitrogens is 1. The lowest BCUT2D eigenvalue weighted by Crippen LogP contribution is -2.55. The Labute approximate surface area is 244 Å². The van der Waals surface area contributed by atoms with Crippen molar-refractivity contribution in [3.63, 3.8) is 0 Å². The van der Waals surface area contributed by atoms with E-state index in [2.05, 4.69) is 28.8 Å². The molecule has 222 valence electrons. The minimum absolute atomic E-state index is 0.226. The number of morpholine rings is 1. The van der Waals surface area contributed by atoms with Gasteiger partial charge in [0.15, 0.2) is 5.01 Å². The first-order valence-corrected chi connectivity index (χ1v) is 15.8. The molecule has 1 saturated carbocycles. The quantitative estimate of drug-likeness (QED) is 0.326. The fourth-order valence-electron chi connectivity index (χ4n) is 5.28. The summed E-state index contributed by atoms with van der Waals surface area (Å²) in [7, 11) is -2.05. The van der Waals surface area contributed by atoms with Crippen molar-refractivity contribution >= 4 is 39.0 Å². The molecule has 1 aliphatic carbocycles. The second-order valence-corrected chi connectivity index (χ2v) is 13.5. The number of carbonyl (C=O) groups excluding carboxylic acids is 1. The number of ether oxygens (including phenoxy) is 1. The Morgan fingerprint density at radius 3 is 2.46 bits per heavy atom. The van der Waals surface area contributed by atoms with Gasteiger partial charge in [-0.25, -0.2) is 13.9 Å². The molecule has 2 fully saturated rings. The Kier molecular flexibility index (Phi) is 9.15. The molecule has 2 aromatic carbocycles. The predicted molar refractivity (Wildman–Crippen MR) is 155 cm³/mol. The van der Waals surface area contributed by atoms with Gasteiger partial charge in [0.2, 0.25) is 0 Å². The van der Waals surface area contributed by atoms with E-state index in [-0.39, 0.29) is 16.3 Å². The van der Waals surface area contributed by atoms with Gasteiger partial charge < -0.3 is 10.1 Å². The first kappa shape index (κ1) is 30.1. The third-order valence-corrected chi connectivity index (χ3v) is 10.2. The van der Waals surface area contributed by atoms with Crippen LogP contribution in [0.15, 0.2) is 41.3 Å². The average Bonchev–Trinajstić information content (AvgIpc) is 3.35. The summed E-state index contributed by atoms with van der Waals surface area (Å²) < 4.78 is 58.6. The standard InChI is InChI=1S/C29H35F3N4O3S2/c1-28(2,36-12-14-39-15-13-36)17-33-26(37)27-35-23(16-19-6-5-7-19)25(40-27)22-10-11-24(21-9-4-3-8-20(21)22)41(38)34-18-29(30,31)32/h3-4,8-11,19,34H,5-7,12-18H2,1-2H3,(H,33,37). The Bertz CT molecular complexity index is 1420. The van der Waals surface area contributed by atoms with Gasteiger partial charge in [0, 0.05) is 30.7 Å². The van der Waals surface area contributed by atoms with Gasteiger partial charge in [-0.05, 0) is 43.0 Å². The number of benzene rings is 2. The highest BCUT2D eigenvalue weighted by molar-refractivity contribution is 7.83. The molecule has 3 aromatic rings. The van der Waals surface area contributed by atoms with E-state index in [1.807, 2.05) is 12.1 Å². The molecule has 1 saturated heterocycles. The Hall–Kier alpha value is -2.38. The van der Waals surface area contributed by atoms with Crippen LogP contribution in [0, 0.1) is 5.92 Å². The maximum Gasteiger partial charge on any atom is 0.402 e. The van der Waals surface area contributed by atoms with E-state index in [0.29, 0.717) is 36.1 Å². The van der Waals surface area contributed by atoms with Crippen molar-refractivity contribution in [1.29, 1.82) is 0 Å². The number of fused-ring (bicyclic) bond motifs is 1. The van der Waals surface area contributed by atoms with E-state index < -0.39 is 23.7 Å². The van der Waals surface area contributed by atoms with E-state index in [1.165, 1.54) is 17.8 Å². The first-order chi connectivity index (χ1) is 19.5. The van der Waals surface area contributed by atoms with Crippen LogP contribution in [-0.2, 0) is 22.1 Å². The zero-order valence-corrected chi connectivity index (χ0v) is 24.8. The summed E-state index contributed by atoms with van der Waals surface area (Å²) in [6.45, 7) is 6.31. The third kappa shape index (κ3) is 7.16. The molecule has 1 atom stereocenters. The second kappa shape index (κ2) is 12.5. The normalized spacial score (nSPS) is 17.9. The summed E-state index contributed by atoms with van der Waals surface area (Å²) in [5.74, 6) is 0.285. The van der Waals surface area contributed by atoms with Crippen molar-refractivity contribution in [3.8, 4) is 10.4 Å². The van der Waals surface area contributed by atoms with Crippen LogP contribution in [0.5, 0.6) is 0 Å². The van der Waals surface area contributed by atoms with Gasteiger partial charge in [0.25, 0.3) is 5.91 Å². The molecule has 0 radical (unpaired) electrons. The van der Waals surface area contributed by atoms with Crippen LogP contribution >= 0.6 is 11.3 Å². The Morgan fingerprint density at radius 2 is 1.80 bits per heavy atom. The van der Waals surface area contributed by atoms with Crippen LogP contribution < -0.4 is 10.0 Å². The molecule has 2 N–H and O–H groups in total. The zero-order valence-electron chi connectivity index (χ0n) is 23.2. The topological polar surface area (TPSA) is 83.6 Å². The van der Waals surface area contributed by atoms with Crippen LogP contribution in [-0.4, -0.2) is 71.1 Å². The molecule has 2 heterocycles. The summed E-state index contributed by atoms with van der Waals surface area (Å²) >= 11 is 1.33. The van der Waals surface area contributed by atoms with E-state index in [1.54, 1.807) is 24.3 Å². The van der Waals surface area contributed by atoms with Gasteiger partial charge in [-0.1, -0.05) is 49.6 Å². The van der Waals surface area contributed by atoms with Crippen LogP contribution in [0.2, 0.25) is 0 Å². The molecule has 5 rings (SSSR count). The molecule has 1 aliphatic heterocycles. The number of hydrogen-bond acceptors (Lipinski definition) is 6. The SMILES string of the molecule is CC(C)(CNC(=O)c1nc(CC2CCC2)c(-c2ccc(S(=O)NCC(F)(F)F)c3ccccc23)s1)N1CCOCC1. The number of rotatable bonds is 10. The number of hydrogen-bond donors (Lipinski definition) is 2. The molecule has 0 spiro atoms. The van der Waals surface area contributed by atoms with Gasteiger partial charge in [-0.2, -0.15) is 13.2 Å². The van der Waals surface area contributed by atoms with Crippen molar-refractivity contribution in [2.24, 2.45) is 5.92 Å². The fraction of sp³-hybridized carbons (Fsp3) is 0.517. The second-order valence-electron chi connectivity index (χ2n) is 11.3. The molecule has 1 aromatic heterocycles. The largest absolute Gasteiger partial charge is 0.402 e. The Morgan fingerprint density at radius 1 is 1.10 bits per heavy atom. The van der Waals surface area contributed by atoms with E-state index in [4.69, 9.17) is 9.72 Å². The lowest BCUT2D eigenvalue weighted by molar-refractivity contribution is -0.121. The van der Waals surface area contributed by atoms with Crippen LogP contribution in [0.25, 0.3) is 21.2 Å². The summed E-state index contributed by atoms with van der Waals surface area (Å²) in [6, 6.07) is 10.6. The third-order valence-electron chi connectivity index (χ3n) is 7.88. The number of alkyl halides is 3. The molecule has 12 heteroatoms. The van der Waals surface area contributed by atoms with Gasteiger partial charge in [-0.3, -0.25) is 9.69 Å². The molecular formula is C29H35F3N4O3S2. The first-order valence-electron chi connectivity index (χ1n) is 13.9. The van der Waals surface area contributed by atoms with Crippen molar-refractivity contribution in [3.05, 3.63) is 47.1 Å². The van der Waals surface area contributed by atoms with Gasteiger partial charge in [0.05, 0.1) is 28.7 Å². The maximum atomic E-state index is 13.4. The van der Waals surface area contributed by atoms with Crippen molar-refractivity contribution in [2.45, 2.75) is 56.1 Å². The smallest absolute Gasteiger partial charge is 0.379 e. The molecule has 2 aliphatic rings. The molecule has 1 unspecified atom stereocenters. The minimum atomic E-state index is -4.47. The number of thiazole rings is 1. The number of carbonyl (C=O) groups is 1. The number of nitrogens with one attached hydrogen (secondary N) is 2. The number of amides is 1. The molecule has 41 heavy (non-hydrogen) atoms. The molecule has 7 nitrogen and oxygen atoms in total. The highest BCUT2D eigenvalue weighted by Gasteiger charge is 2.31. The lowest BCUT2D eigenvalue weighted by Gasteiger charge is -2.40. The minimum Gasteiger partial charge on any atom is -0.379 e. The van der Waals surface area contributed by atoms with Crippen LogP contribution in [0.4, 0.5) is 13.2 Å². The fourth-order valence-corrected chi connectivity index (χ4v) is 7.35. The van der Waals surface area contributed by atoms with Crippen molar-refractivity contribution in [1.82, 2.24) is 19.9 Å². The van der Waals surface area contributed by atoms with E-state index in [0.717, 1.165) is 53.9 Å². The van der Waals surface area contributed by atoms with Gasteiger partial charge in [-0.15, -0.1) is 11.3 Å². The molecule has 1 amide bonds. The summed E-state index contributed by atoms with van der Waals surface area (Å²) in [5.41, 5.74) is 1.44. The lowest BCUT2D eigenvalue weighted by atomic mass is 9.81. The highest BCUT2D eigenvalue weighted by Crippen LogP contribution is 2.40. The Balaban J connectivity index is 1.44. The van der Waals surface area contributed by atoms with Crippen molar-refractivity contribution in [2.75, 3.05) is 39.4 Å². The van der Waals surface area contributed by atoms with Crippen molar-refractivity contribution < 1.29 is 26.9 Å². The maximum absolute atomic E-state index is 13.4. The number of halogens is 3. The number of nitrogens with zero attached hydrogens (tertiary/aromatic N) is 2. The summed E-state index contributed by atoms with van der Waals surface area (Å²) in [6.07, 6.45) is -0.291.